The van der Waals surface area contributed by atoms with Gasteiger partial charge in [0.1, 0.15) is 0 Å². The third kappa shape index (κ3) is 3.88. The fraction of sp³-hybridized carbons (Fsp3) is 0.312. The Morgan fingerprint density at radius 3 is 2.74 bits per heavy atom. The molecule has 100 valence electrons. The van der Waals surface area contributed by atoms with E-state index in [1.54, 1.807) is 0 Å². The van der Waals surface area contributed by atoms with Gasteiger partial charge in [-0.2, -0.15) is 0 Å². The lowest BCUT2D eigenvalue weighted by atomic mass is 10.0. The predicted octanol–water partition coefficient (Wildman–Crippen LogP) is 4.05. The Hall–Kier alpha value is -1.19. The summed E-state index contributed by atoms with van der Waals surface area (Å²) in [5.41, 5.74) is 3.66. The van der Waals surface area contributed by atoms with Crippen LogP contribution in [0.5, 0.6) is 0 Å². The second kappa shape index (κ2) is 6.83. The molecule has 2 nitrogen and oxygen atoms in total. The molecule has 1 atom stereocenters. The van der Waals surface area contributed by atoms with E-state index in [1.165, 1.54) is 11.1 Å². The molecule has 2 aromatic rings. The van der Waals surface area contributed by atoms with Crippen LogP contribution >= 0.6 is 15.9 Å². The summed E-state index contributed by atoms with van der Waals surface area (Å²) in [6, 6.07) is 12.8. The van der Waals surface area contributed by atoms with Crippen LogP contribution in [0.1, 0.15) is 29.8 Å². The van der Waals surface area contributed by atoms with Gasteiger partial charge in [-0.3, -0.25) is 4.98 Å². The molecule has 0 saturated heterocycles. The molecule has 1 aromatic carbocycles. The SMILES string of the molecule is CCNC(Cc1ccccc1Br)c1cc(C)ccn1. The van der Waals surface area contributed by atoms with Gasteiger partial charge in [0.05, 0.1) is 11.7 Å². The number of hydrogen-bond donors (Lipinski definition) is 1. The molecule has 0 aliphatic carbocycles. The van der Waals surface area contributed by atoms with Gasteiger partial charge in [-0.1, -0.05) is 41.1 Å². The van der Waals surface area contributed by atoms with Gasteiger partial charge in [0.15, 0.2) is 0 Å². The number of hydrogen-bond acceptors (Lipinski definition) is 2. The minimum absolute atomic E-state index is 0.253. The molecule has 0 saturated carbocycles. The minimum atomic E-state index is 0.253. The maximum atomic E-state index is 4.51. The van der Waals surface area contributed by atoms with Crippen molar-refractivity contribution in [2.24, 2.45) is 0 Å². The van der Waals surface area contributed by atoms with Crippen molar-refractivity contribution in [1.82, 2.24) is 10.3 Å². The van der Waals surface area contributed by atoms with Gasteiger partial charge in [0.2, 0.25) is 0 Å². The first-order valence-electron chi connectivity index (χ1n) is 6.60. The third-order valence-corrected chi connectivity index (χ3v) is 3.90. The molecule has 0 spiro atoms. The van der Waals surface area contributed by atoms with Crippen LogP contribution in [0, 0.1) is 6.92 Å². The van der Waals surface area contributed by atoms with Crippen molar-refractivity contribution < 1.29 is 0 Å². The van der Waals surface area contributed by atoms with Gasteiger partial charge in [0, 0.05) is 10.7 Å². The Morgan fingerprint density at radius 2 is 2.05 bits per heavy atom. The van der Waals surface area contributed by atoms with Crippen LogP contribution in [0.2, 0.25) is 0 Å². The van der Waals surface area contributed by atoms with Crippen molar-refractivity contribution >= 4 is 15.9 Å². The molecule has 19 heavy (non-hydrogen) atoms. The maximum absolute atomic E-state index is 4.51. The summed E-state index contributed by atoms with van der Waals surface area (Å²) in [5.74, 6) is 0. The summed E-state index contributed by atoms with van der Waals surface area (Å²) >= 11 is 3.61. The van der Waals surface area contributed by atoms with E-state index in [1.807, 2.05) is 18.3 Å². The number of likely N-dealkylation sites (N-methyl/N-ethyl adjacent to an activating group) is 1. The number of rotatable bonds is 5. The Bertz CT molecular complexity index is 540. The summed E-state index contributed by atoms with van der Waals surface area (Å²) in [6.45, 7) is 5.17. The zero-order valence-electron chi connectivity index (χ0n) is 11.4. The Morgan fingerprint density at radius 1 is 1.26 bits per heavy atom. The molecular formula is C16H19BrN2. The van der Waals surface area contributed by atoms with E-state index in [0.29, 0.717) is 0 Å². The molecule has 2 rings (SSSR count). The largest absolute Gasteiger partial charge is 0.309 e. The van der Waals surface area contributed by atoms with Gasteiger partial charge in [-0.15, -0.1) is 0 Å². The summed E-state index contributed by atoms with van der Waals surface area (Å²) in [5, 5.41) is 3.52. The smallest absolute Gasteiger partial charge is 0.0579 e. The van der Waals surface area contributed by atoms with E-state index in [-0.39, 0.29) is 6.04 Å². The first kappa shape index (κ1) is 14.2. The summed E-state index contributed by atoms with van der Waals surface area (Å²) in [6.07, 6.45) is 2.82. The minimum Gasteiger partial charge on any atom is -0.309 e. The molecule has 0 fully saturated rings. The third-order valence-electron chi connectivity index (χ3n) is 3.13. The fourth-order valence-corrected chi connectivity index (χ4v) is 2.61. The number of halogens is 1. The summed E-state index contributed by atoms with van der Waals surface area (Å²) < 4.78 is 1.16. The highest BCUT2D eigenvalue weighted by Gasteiger charge is 2.14. The Balaban J connectivity index is 2.24. The highest BCUT2D eigenvalue weighted by molar-refractivity contribution is 9.10. The number of pyridine rings is 1. The van der Waals surface area contributed by atoms with Crippen molar-refractivity contribution in [1.29, 1.82) is 0 Å². The average molecular weight is 319 g/mol. The normalized spacial score (nSPS) is 12.4. The molecule has 1 N–H and O–H groups in total. The van der Waals surface area contributed by atoms with E-state index in [2.05, 4.69) is 64.3 Å². The number of nitrogens with one attached hydrogen (secondary N) is 1. The number of aromatic nitrogens is 1. The van der Waals surface area contributed by atoms with E-state index >= 15 is 0 Å². The Kier molecular flexibility index (Phi) is 5.11. The van der Waals surface area contributed by atoms with Crippen LogP contribution in [0.3, 0.4) is 0 Å². The highest BCUT2D eigenvalue weighted by atomic mass is 79.9. The molecule has 1 aromatic heterocycles. The number of aryl methyl sites for hydroxylation is 1. The van der Waals surface area contributed by atoms with Crippen LogP contribution < -0.4 is 5.32 Å². The van der Waals surface area contributed by atoms with Crippen molar-refractivity contribution in [3.63, 3.8) is 0 Å². The second-order valence-corrected chi connectivity index (χ2v) is 5.52. The van der Waals surface area contributed by atoms with Crippen LogP contribution in [0.4, 0.5) is 0 Å². The van der Waals surface area contributed by atoms with Crippen molar-refractivity contribution in [2.45, 2.75) is 26.3 Å². The monoisotopic (exact) mass is 318 g/mol. The molecule has 0 aliphatic rings. The average Bonchev–Trinajstić information content (AvgIpc) is 2.40. The van der Waals surface area contributed by atoms with E-state index < -0.39 is 0 Å². The summed E-state index contributed by atoms with van der Waals surface area (Å²) in [7, 11) is 0. The highest BCUT2D eigenvalue weighted by Crippen LogP contribution is 2.23. The van der Waals surface area contributed by atoms with E-state index in [9.17, 15) is 0 Å². The fourth-order valence-electron chi connectivity index (χ4n) is 2.16. The van der Waals surface area contributed by atoms with Crippen molar-refractivity contribution in [3.05, 3.63) is 63.9 Å². The van der Waals surface area contributed by atoms with Gasteiger partial charge in [-0.25, -0.2) is 0 Å². The molecule has 0 aliphatic heterocycles. The van der Waals surface area contributed by atoms with E-state index in [4.69, 9.17) is 0 Å². The predicted molar refractivity (Wildman–Crippen MR) is 83.2 cm³/mol. The lowest BCUT2D eigenvalue weighted by Gasteiger charge is -2.18. The zero-order valence-corrected chi connectivity index (χ0v) is 12.9. The second-order valence-electron chi connectivity index (χ2n) is 4.66. The number of benzene rings is 1. The maximum Gasteiger partial charge on any atom is 0.0579 e. The molecule has 3 heteroatoms. The van der Waals surface area contributed by atoms with Gasteiger partial charge >= 0.3 is 0 Å². The lowest BCUT2D eigenvalue weighted by molar-refractivity contribution is 0.535. The lowest BCUT2D eigenvalue weighted by Crippen LogP contribution is -2.24. The van der Waals surface area contributed by atoms with Crippen molar-refractivity contribution in [3.8, 4) is 0 Å². The molecule has 1 heterocycles. The number of nitrogens with zero attached hydrogens (tertiary/aromatic N) is 1. The molecule has 0 amide bonds. The Labute approximate surface area is 123 Å². The van der Waals surface area contributed by atoms with Crippen LogP contribution in [0.15, 0.2) is 47.1 Å². The van der Waals surface area contributed by atoms with Gasteiger partial charge < -0.3 is 5.32 Å². The van der Waals surface area contributed by atoms with Crippen molar-refractivity contribution in [2.75, 3.05) is 6.54 Å². The molecular weight excluding hydrogens is 300 g/mol. The molecule has 0 radical (unpaired) electrons. The van der Waals surface area contributed by atoms with Gasteiger partial charge in [0.25, 0.3) is 0 Å². The van der Waals surface area contributed by atoms with Crippen LogP contribution in [-0.2, 0) is 6.42 Å². The topological polar surface area (TPSA) is 24.9 Å². The van der Waals surface area contributed by atoms with E-state index in [0.717, 1.165) is 23.1 Å². The standard InChI is InChI=1S/C16H19BrN2/c1-3-18-16(15-10-12(2)8-9-19-15)11-13-6-4-5-7-14(13)17/h4-10,16,18H,3,11H2,1-2H3. The molecule has 0 bridgehead atoms. The zero-order chi connectivity index (χ0) is 13.7. The first-order valence-corrected chi connectivity index (χ1v) is 7.39. The first-order chi connectivity index (χ1) is 9.20. The quantitative estimate of drug-likeness (QED) is 0.899. The van der Waals surface area contributed by atoms with Gasteiger partial charge in [-0.05, 0) is 49.2 Å². The van der Waals surface area contributed by atoms with Crippen LogP contribution in [0.25, 0.3) is 0 Å². The summed E-state index contributed by atoms with van der Waals surface area (Å²) in [4.78, 5) is 4.51. The molecule has 1 unspecified atom stereocenters. The van der Waals surface area contributed by atoms with Crippen LogP contribution in [-0.4, -0.2) is 11.5 Å².